The Labute approximate surface area is 137 Å². The Morgan fingerprint density at radius 2 is 1.70 bits per heavy atom. The van der Waals surface area contributed by atoms with E-state index in [1.807, 2.05) is 11.8 Å². The molecule has 0 aliphatic heterocycles. The molecule has 1 saturated carbocycles. The van der Waals surface area contributed by atoms with Gasteiger partial charge in [0.15, 0.2) is 0 Å². The molecule has 0 aromatic rings. The van der Waals surface area contributed by atoms with Crippen molar-refractivity contribution in [1.29, 1.82) is 0 Å². The van der Waals surface area contributed by atoms with Gasteiger partial charge in [0.2, 0.25) is 15.9 Å². The third-order valence-corrected chi connectivity index (χ3v) is 6.08. The van der Waals surface area contributed by atoms with Gasteiger partial charge < -0.3 is 10.4 Å². The Bertz CT molecular complexity index is 513. The molecule has 1 aliphatic rings. The van der Waals surface area contributed by atoms with Crippen LogP contribution in [0.3, 0.4) is 0 Å². The molecule has 0 unspecified atom stereocenters. The molecular formula is C14H27N3O5S. The molecule has 0 saturated heterocycles. The average molecular weight is 349 g/mol. The summed E-state index contributed by atoms with van der Waals surface area (Å²) in [6.07, 6.45) is 1.30. The maximum absolute atomic E-state index is 12.0. The van der Waals surface area contributed by atoms with Gasteiger partial charge in [0, 0.05) is 25.2 Å². The number of aliphatic carboxylic acids is 1. The molecule has 0 heterocycles. The highest BCUT2D eigenvalue weighted by molar-refractivity contribution is 7.89. The number of likely N-dealkylation sites (N-methyl/N-ethyl adjacent to an activating group) is 1. The molecule has 0 bridgehead atoms. The second kappa shape index (κ2) is 8.60. The van der Waals surface area contributed by atoms with Crippen molar-refractivity contribution in [2.24, 2.45) is 0 Å². The van der Waals surface area contributed by atoms with E-state index >= 15 is 0 Å². The zero-order valence-electron chi connectivity index (χ0n) is 14.0. The first kappa shape index (κ1) is 19.9. The Kier molecular flexibility index (Phi) is 7.43. The van der Waals surface area contributed by atoms with Crippen LogP contribution in [0.1, 0.15) is 33.6 Å². The highest BCUT2D eigenvalue weighted by Gasteiger charge is 2.35. The van der Waals surface area contributed by atoms with E-state index in [4.69, 9.17) is 5.11 Å². The number of nitrogens with zero attached hydrogens (tertiary/aromatic N) is 2. The fourth-order valence-electron chi connectivity index (χ4n) is 2.82. The molecule has 0 spiro atoms. The van der Waals surface area contributed by atoms with Gasteiger partial charge in [0.25, 0.3) is 0 Å². The van der Waals surface area contributed by atoms with Crippen molar-refractivity contribution in [3.8, 4) is 0 Å². The minimum atomic E-state index is -3.57. The fourth-order valence-corrected chi connectivity index (χ4v) is 4.20. The van der Waals surface area contributed by atoms with Crippen LogP contribution in [0, 0.1) is 0 Å². The van der Waals surface area contributed by atoms with E-state index < -0.39 is 27.7 Å². The third-order valence-electron chi connectivity index (χ3n) is 4.15. The van der Waals surface area contributed by atoms with Crippen molar-refractivity contribution in [3.63, 3.8) is 0 Å². The molecule has 23 heavy (non-hydrogen) atoms. The predicted octanol–water partition coefficient (Wildman–Crippen LogP) is -0.288. The Hall–Kier alpha value is -1.19. The number of carboxylic acids is 1. The highest BCUT2D eigenvalue weighted by atomic mass is 32.2. The van der Waals surface area contributed by atoms with Crippen LogP contribution in [-0.2, 0) is 19.6 Å². The quantitative estimate of drug-likeness (QED) is 0.561. The number of carboxylic acid groups (broad SMARTS) is 1. The van der Waals surface area contributed by atoms with Crippen LogP contribution in [-0.4, -0.2) is 78.6 Å². The van der Waals surface area contributed by atoms with Crippen molar-refractivity contribution >= 4 is 21.9 Å². The molecule has 134 valence electrons. The van der Waals surface area contributed by atoms with Gasteiger partial charge in [0.05, 0.1) is 6.54 Å². The smallest absolute Gasteiger partial charge is 0.317 e. The molecule has 9 heteroatoms. The lowest BCUT2D eigenvalue weighted by molar-refractivity contribution is -0.139. The average Bonchev–Trinajstić information content (AvgIpc) is 2.40. The van der Waals surface area contributed by atoms with Crippen LogP contribution < -0.4 is 5.32 Å². The van der Waals surface area contributed by atoms with Crippen LogP contribution in [0.2, 0.25) is 0 Å². The third kappa shape index (κ3) is 5.74. The lowest BCUT2D eigenvalue weighted by atomic mass is 9.85. The number of carbonyl (C=O) groups excluding carboxylic acids is 1. The topological polar surface area (TPSA) is 107 Å². The van der Waals surface area contributed by atoms with Crippen LogP contribution in [0.4, 0.5) is 0 Å². The summed E-state index contributed by atoms with van der Waals surface area (Å²) in [5, 5.41) is 11.6. The summed E-state index contributed by atoms with van der Waals surface area (Å²) in [6.45, 7) is 6.67. The van der Waals surface area contributed by atoms with Gasteiger partial charge in [0.1, 0.15) is 5.75 Å². The second-order valence-electron chi connectivity index (χ2n) is 5.69. The monoisotopic (exact) mass is 349 g/mol. The molecule has 0 radical (unpaired) electrons. The molecule has 0 aromatic heterocycles. The van der Waals surface area contributed by atoms with E-state index in [0.717, 1.165) is 0 Å². The van der Waals surface area contributed by atoms with E-state index in [1.165, 1.54) is 4.31 Å². The standard InChI is InChI=1S/C14H27N3O5S/c1-4-16(9-14(19)20)12-7-11(8-12)15-13(18)10-23(21,22)17(5-2)6-3/h11-12H,4-10H2,1-3H3,(H,15,18)(H,19,20). The van der Waals surface area contributed by atoms with Gasteiger partial charge in [-0.15, -0.1) is 0 Å². The first-order valence-electron chi connectivity index (χ1n) is 7.96. The van der Waals surface area contributed by atoms with Gasteiger partial charge in [-0.2, -0.15) is 0 Å². The normalized spacial score (nSPS) is 21.3. The lowest BCUT2D eigenvalue weighted by Gasteiger charge is -2.42. The molecule has 0 aromatic carbocycles. The van der Waals surface area contributed by atoms with E-state index in [9.17, 15) is 18.0 Å². The zero-order chi connectivity index (χ0) is 17.6. The summed E-state index contributed by atoms with van der Waals surface area (Å²) >= 11 is 0. The molecule has 1 aliphatic carbocycles. The van der Waals surface area contributed by atoms with Gasteiger partial charge in [-0.05, 0) is 19.4 Å². The minimum Gasteiger partial charge on any atom is -0.480 e. The molecule has 1 amide bonds. The number of sulfonamides is 1. The number of amides is 1. The molecular weight excluding hydrogens is 322 g/mol. The first-order valence-corrected chi connectivity index (χ1v) is 9.57. The maximum Gasteiger partial charge on any atom is 0.317 e. The largest absolute Gasteiger partial charge is 0.480 e. The van der Waals surface area contributed by atoms with Crippen molar-refractivity contribution in [3.05, 3.63) is 0 Å². The zero-order valence-corrected chi connectivity index (χ0v) is 14.8. The number of rotatable bonds is 10. The van der Waals surface area contributed by atoms with Gasteiger partial charge >= 0.3 is 5.97 Å². The van der Waals surface area contributed by atoms with E-state index in [-0.39, 0.29) is 18.6 Å². The van der Waals surface area contributed by atoms with Gasteiger partial charge in [-0.25, -0.2) is 12.7 Å². The lowest BCUT2D eigenvalue weighted by Crippen LogP contribution is -2.55. The maximum atomic E-state index is 12.0. The summed E-state index contributed by atoms with van der Waals surface area (Å²) in [4.78, 5) is 24.5. The van der Waals surface area contributed by atoms with Crippen LogP contribution in [0.15, 0.2) is 0 Å². The van der Waals surface area contributed by atoms with Gasteiger partial charge in [-0.1, -0.05) is 20.8 Å². The molecule has 1 rings (SSSR count). The Balaban J connectivity index is 2.42. The van der Waals surface area contributed by atoms with Crippen LogP contribution in [0.25, 0.3) is 0 Å². The van der Waals surface area contributed by atoms with Crippen molar-refractivity contribution in [1.82, 2.24) is 14.5 Å². The number of hydrogen-bond donors (Lipinski definition) is 2. The molecule has 0 atom stereocenters. The summed E-state index contributed by atoms with van der Waals surface area (Å²) in [7, 11) is -3.57. The number of carbonyl (C=O) groups is 2. The number of hydrogen-bond acceptors (Lipinski definition) is 5. The minimum absolute atomic E-state index is 0.0157. The Morgan fingerprint density at radius 3 is 2.13 bits per heavy atom. The summed E-state index contributed by atoms with van der Waals surface area (Å²) in [5.41, 5.74) is 0. The SMILES string of the molecule is CCN(CC(=O)O)C1CC(NC(=O)CS(=O)(=O)N(CC)CC)C1. The molecule has 1 fully saturated rings. The van der Waals surface area contributed by atoms with Gasteiger partial charge in [-0.3, -0.25) is 14.5 Å². The molecule has 2 N–H and O–H groups in total. The van der Waals surface area contributed by atoms with Crippen molar-refractivity contribution < 1.29 is 23.1 Å². The molecule has 8 nitrogen and oxygen atoms in total. The van der Waals surface area contributed by atoms with Crippen molar-refractivity contribution in [2.45, 2.75) is 45.7 Å². The fraction of sp³-hybridized carbons (Fsp3) is 0.857. The van der Waals surface area contributed by atoms with Crippen LogP contribution >= 0.6 is 0 Å². The highest BCUT2D eigenvalue weighted by Crippen LogP contribution is 2.25. The first-order chi connectivity index (χ1) is 10.7. The Morgan fingerprint density at radius 1 is 1.13 bits per heavy atom. The van der Waals surface area contributed by atoms with E-state index in [0.29, 0.717) is 32.5 Å². The summed E-state index contributed by atoms with van der Waals surface area (Å²) < 4.78 is 25.3. The second-order valence-corrected chi connectivity index (χ2v) is 7.66. The summed E-state index contributed by atoms with van der Waals surface area (Å²) in [5.74, 6) is -1.91. The summed E-state index contributed by atoms with van der Waals surface area (Å²) in [6, 6.07) is 0.0445. The predicted molar refractivity (Wildman–Crippen MR) is 86.5 cm³/mol. The van der Waals surface area contributed by atoms with E-state index in [2.05, 4.69) is 5.32 Å². The van der Waals surface area contributed by atoms with Crippen LogP contribution in [0.5, 0.6) is 0 Å². The number of nitrogens with one attached hydrogen (secondary N) is 1. The van der Waals surface area contributed by atoms with Crippen molar-refractivity contribution in [2.75, 3.05) is 31.9 Å². The van der Waals surface area contributed by atoms with E-state index in [1.54, 1.807) is 13.8 Å².